The Bertz CT molecular complexity index is 852. The first kappa shape index (κ1) is 21.9. The number of amides is 1. The van der Waals surface area contributed by atoms with Crippen LogP contribution in [0.25, 0.3) is 0 Å². The summed E-state index contributed by atoms with van der Waals surface area (Å²) in [5, 5.41) is 2.86. The number of carbonyl (C=O) groups excluding carboxylic acids is 1. The van der Waals surface area contributed by atoms with Crippen LogP contribution in [0.5, 0.6) is 5.75 Å². The molecule has 0 spiro atoms. The van der Waals surface area contributed by atoms with Gasteiger partial charge in [0.2, 0.25) is 10.0 Å². The molecule has 0 aliphatic carbocycles. The summed E-state index contributed by atoms with van der Waals surface area (Å²) in [6, 6.07) is 15.6. The highest BCUT2D eigenvalue weighted by atomic mass is 32.2. The summed E-state index contributed by atoms with van der Waals surface area (Å²) in [5.74, 6) is 0.253. The number of ether oxygens (including phenoxy) is 1. The van der Waals surface area contributed by atoms with Crippen molar-refractivity contribution in [3.8, 4) is 5.75 Å². The predicted octanol–water partition coefficient (Wildman–Crippen LogP) is 3.19. The zero-order valence-corrected chi connectivity index (χ0v) is 17.4. The van der Waals surface area contributed by atoms with Crippen molar-refractivity contribution in [2.45, 2.75) is 44.2 Å². The summed E-state index contributed by atoms with van der Waals surface area (Å²) in [6.07, 6.45) is 1.91. The van der Waals surface area contributed by atoms with Crippen molar-refractivity contribution < 1.29 is 17.9 Å². The van der Waals surface area contributed by atoms with Crippen LogP contribution in [0.1, 0.15) is 32.3 Å². The van der Waals surface area contributed by atoms with Crippen LogP contribution in [0, 0.1) is 0 Å². The van der Waals surface area contributed by atoms with Gasteiger partial charge in [-0.15, -0.1) is 0 Å². The van der Waals surface area contributed by atoms with Gasteiger partial charge in [0.15, 0.2) is 6.61 Å². The van der Waals surface area contributed by atoms with Crippen LogP contribution in [-0.4, -0.2) is 38.3 Å². The second-order valence-electron chi connectivity index (χ2n) is 6.76. The molecule has 0 saturated heterocycles. The Morgan fingerprint density at radius 2 is 1.75 bits per heavy atom. The van der Waals surface area contributed by atoms with Crippen LogP contribution in [0.2, 0.25) is 0 Å². The molecule has 6 nitrogen and oxygen atoms in total. The Balaban J connectivity index is 1.94. The third kappa shape index (κ3) is 6.35. The molecule has 0 bridgehead atoms. The molecule has 0 radical (unpaired) electrons. The van der Waals surface area contributed by atoms with E-state index in [0.29, 0.717) is 5.75 Å². The molecule has 0 aliphatic rings. The monoisotopic (exact) mass is 404 g/mol. The first-order valence-electron chi connectivity index (χ1n) is 9.35. The van der Waals surface area contributed by atoms with Gasteiger partial charge in [-0.3, -0.25) is 4.79 Å². The van der Waals surface area contributed by atoms with E-state index in [9.17, 15) is 13.2 Å². The number of carbonyl (C=O) groups is 1. The summed E-state index contributed by atoms with van der Waals surface area (Å²) in [5.41, 5.74) is 0.914. The lowest BCUT2D eigenvalue weighted by atomic mass is 10.2. The van der Waals surface area contributed by atoms with Crippen LogP contribution in [0.15, 0.2) is 59.5 Å². The van der Waals surface area contributed by atoms with Gasteiger partial charge in [-0.2, -0.15) is 4.31 Å². The van der Waals surface area contributed by atoms with Crippen LogP contribution >= 0.6 is 0 Å². The van der Waals surface area contributed by atoms with E-state index in [0.717, 1.165) is 18.4 Å². The molecule has 7 heteroatoms. The largest absolute Gasteiger partial charge is 0.484 e. The van der Waals surface area contributed by atoms with Gasteiger partial charge in [-0.25, -0.2) is 8.42 Å². The molecule has 0 unspecified atom stereocenters. The van der Waals surface area contributed by atoms with Gasteiger partial charge in [0, 0.05) is 19.6 Å². The normalized spacial score (nSPS) is 12.6. The van der Waals surface area contributed by atoms with Gasteiger partial charge in [-0.05, 0) is 43.2 Å². The standard InChI is InChI=1S/C21H28N2O4S/c1-4-8-17(2)22-21(24)16-27-19-11-13-20(14-12-19)28(25,26)23(3)15-18-9-6-5-7-10-18/h5-7,9-14,17H,4,8,15-16H2,1-3H3,(H,22,24)/t17-/m0/s1. The van der Waals surface area contributed by atoms with Gasteiger partial charge in [0.25, 0.3) is 5.91 Å². The third-order valence-corrected chi connectivity index (χ3v) is 6.10. The number of rotatable bonds is 10. The third-order valence-electron chi connectivity index (χ3n) is 4.28. The van der Waals surface area contributed by atoms with Gasteiger partial charge in [0.05, 0.1) is 4.90 Å². The highest BCUT2D eigenvalue weighted by Crippen LogP contribution is 2.20. The van der Waals surface area contributed by atoms with Gasteiger partial charge in [0.1, 0.15) is 5.75 Å². The molecule has 2 rings (SSSR count). The average molecular weight is 405 g/mol. The summed E-state index contributed by atoms with van der Waals surface area (Å²) in [4.78, 5) is 12.0. The minimum absolute atomic E-state index is 0.103. The number of hydrogen-bond donors (Lipinski definition) is 1. The Morgan fingerprint density at radius 1 is 1.11 bits per heavy atom. The SMILES string of the molecule is CCC[C@H](C)NC(=O)COc1ccc(S(=O)(=O)N(C)Cc2ccccc2)cc1. The van der Waals surface area contributed by atoms with E-state index in [1.54, 1.807) is 19.2 Å². The molecule has 152 valence electrons. The maximum atomic E-state index is 12.7. The summed E-state index contributed by atoms with van der Waals surface area (Å²) in [6.45, 7) is 4.20. The Kier molecular flexibility index (Phi) is 8.02. The Hall–Kier alpha value is -2.38. The summed E-state index contributed by atoms with van der Waals surface area (Å²) >= 11 is 0. The van der Waals surface area contributed by atoms with Crippen LogP contribution in [0.3, 0.4) is 0 Å². The fraction of sp³-hybridized carbons (Fsp3) is 0.381. The second-order valence-corrected chi connectivity index (χ2v) is 8.81. The van der Waals surface area contributed by atoms with Crippen molar-refractivity contribution in [1.82, 2.24) is 9.62 Å². The molecule has 0 saturated carbocycles. The number of nitrogens with zero attached hydrogens (tertiary/aromatic N) is 1. The van der Waals surface area contributed by atoms with E-state index in [2.05, 4.69) is 12.2 Å². The zero-order chi connectivity index (χ0) is 20.6. The van der Waals surface area contributed by atoms with Crippen molar-refractivity contribution in [3.63, 3.8) is 0 Å². The molecule has 0 aromatic heterocycles. The molecule has 1 N–H and O–H groups in total. The van der Waals surface area contributed by atoms with E-state index < -0.39 is 10.0 Å². The summed E-state index contributed by atoms with van der Waals surface area (Å²) < 4.78 is 32.2. The van der Waals surface area contributed by atoms with Crippen molar-refractivity contribution in [2.75, 3.05) is 13.7 Å². The number of nitrogens with one attached hydrogen (secondary N) is 1. The molecule has 1 amide bonds. The first-order chi connectivity index (χ1) is 13.3. The second kappa shape index (κ2) is 10.2. The van der Waals surface area contributed by atoms with Crippen molar-refractivity contribution in [2.24, 2.45) is 0 Å². The number of sulfonamides is 1. The Morgan fingerprint density at radius 3 is 2.36 bits per heavy atom. The van der Waals surface area contributed by atoms with Gasteiger partial charge >= 0.3 is 0 Å². The predicted molar refractivity (Wildman–Crippen MR) is 110 cm³/mol. The van der Waals surface area contributed by atoms with Crippen LogP contribution in [-0.2, 0) is 21.4 Å². The van der Waals surface area contributed by atoms with E-state index in [4.69, 9.17) is 4.74 Å². The molecule has 1 atom stereocenters. The van der Waals surface area contributed by atoms with Crippen LogP contribution < -0.4 is 10.1 Å². The van der Waals surface area contributed by atoms with Crippen molar-refractivity contribution >= 4 is 15.9 Å². The molecular weight excluding hydrogens is 376 g/mol. The Labute approximate surface area is 167 Å². The van der Waals surface area contributed by atoms with E-state index >= 15 is 0 Å². The molecule has 2 aromatic rings. The molecular formula is C21H28N2O4S. The molecule has 0 fully saturated rings. The summed E-state index contributed by atoms with van der Waals surface area (Å²) in [7, 11) is -2.06. The van der Waals surface area contributed by atoms with Crippen LogP contribution in [0.4, 0.5) is 0 Å². The molecule has 2 aromatic carbocycles. The highest BCUT2D eigenvalue weighted by molar-refractivity contribution is 7.89. The maximum absolute atomic E-state index is 12.7. The van der Waals surface area contributed by atoms with Gasteiger partial charge < -0.3 is 10.1 Å². The minimum Gasteiger partial charge on any atom is -0.484 e. The zero-order valence-electron chi connectivity index (χ0n) is 16.6. The van der Waals surface area contributed by atoms with Crippen molar-refractivity contribution in [1.29, 1.82) is 0 Å². The fourth-order valence-corrected chi connectivity index (χ4v) is 3.94. The number of benzene rings is 2. The maximum Gasteiger partial charge on any atom is 0.258 e. The van der Waals surface area contributed by atoms with E-state index in [1.807, 2.05) is 37.3 Å². The van der Waals surface area contributed by atoms with Gasteiger partial charge in [-0.1, -0.05) is 43.7 Å². The lowest BCUT2D eigenvalue weighted by Gasteiger charge is -2.17. The topological polar surface area (TPSA) is 75.7 Å². The lowest BCUT2D eigenvalue weighted by Crippen LogP contribution is -2.35. The van der Waals surface area contributed by atoms with Crippen molar-refractivity contribution in [3.05, 3.63) is 60.2 Å². The number of hydrogen-bond acceptors (Lipinski definition) is 4. The smallest absolute Gasteiger partial charge is 0.258 e. The minimum atomic E-state index is -3.61. The van der Waals surface area contributed by atoms with E-state index in [-0.39, 0.29) is 30.0 Å². The molecule has 0 heterocycles. The molecule has 0 aliphatic heterocycles. The highest BCUT2D eigenvalue weighted by Gasteiger charge is 2.21. The quantitative estimate of drug-likeness (QED) is 0.660. The van der Waals surface area contributed by atoms with E-state index in [1.165, 1.54) is 16.4 Å². The average Bonchev–Trinajstić information content (AvgIpc) is 2.67. The first-order valence-corrected chi connectivity index (χ1v) is 10.8. The lowest BCUT2D eigenvalue weighted by molar-refractivity contribution is -0.123. The fourth-order valence-electron chi connectivity index (χ4n) is 2.78. The molecule has 28 heavy (non-hydrogen) atoms.